The number of anilines is 1. The number of nitrogens with one attached hydrogen (secondary N) is 2. The van der Waals surface area contributed by atoms with E-state index < -0.39 is 18.2 Å². The number of ether oxygens (including phenoxy) is 2. The van der Waals surface area contributed by atoms with Crippen LogP contribution >= 0.6 is 0 Å². The van der Waals surface area contributed by atoms with Gasteiger partial charge in [0.05, 0.1) is 19.1 Å². The highest BCUT2D eigenvalue weighted by atomic mass is 16.6. The van der Waals surface area contributed by atoms with Crippen molar-refractivity contribution < 1.29 is 29.3 Å². The van der Waals surface area contributed by atoms with Gasteiger partial charge >= 0.3 is 12.0 Å². The Bertz CT molecular complexity index is 764. The molecule has 4 N–H and O–H groups in total. The van der Waals surface area contributed by atoms with E-state index in [9.17, 15) is 14.7 Å². The number of carboxylic acid groups (broad SMARTS) is 1. The summed E-state index contributed by atoms with van der Waals surface area (Å²) >= 11 is 0. The molecule has 4 rings (SSSR count). The fraction of sp³-hybridized carbons (Fsp3) is 0.619. The molecule has 1 aliphatic carbocycles. The fourth-order valence-electron chi connectivity index (χ4n) is 4.76. The van der Waals surface area contributed by atoms with E-state index in [0.717, 1.165) is 31.2 Å². The molecule has 8 heteroatoms. The van der Waals surface area contributed by atoms with E-state index in [1.165, 1.54) is 6.42 Å². The van der Waals surface area contributed by atoms with Gasteiger partial charge in [-0.15, -0.1) is 0 Å². The van der Waals surface area contributed by atoms with Gasteiger partial charge < -0.3 is 30.3 Å². The van der Waals surface area contributed by atoms with Crippen LogP contribution in [-0.2, 0) is 9.53 Å². The fourth-order valence-corrected chi connectivity index (χ4v) is 4.76. The second-order valence-corrected chi connectivity index (χ2v) is 8.19. The molecule has 2 amide bonds. The number of urea groups is 1. The zero-order valence-electron chi connectivity index (χ0n) is 16.3. The van der Waals surface area contributed by atoms with Crippen LogP contribution in [0.15, 0.2) is 18.2 Å². The molecule has 158 valence electrons. The highest BCUT2D eigenvalue weighted by Gasteiger charge is 2.46. The molecular formula is C21H28N2O6. The average Bonchev–Trinajstić information content (AvgIpc) is 3.05. The van der Waals surface area contributed by atoms with Gasteiger partial charge in [0.25, 0.3) is 0 Å². The molecule has 4 atom stereocenters. The summed E-state index contributed by atoms with van der Waals surface area (Å²) in [5, 5.41) is 24.7. The Labute approximate surface area is 169 Å². The molecule has 0 bridgehead atoms. The summed E-state index contributed by atoms with van der Waals surface area (Å²) in [6.45, 7) is -0.236. The molecule has 2 aliphatic heterocycles. The topological polar surface area (TPSA) is 117 Å². The third-order valence-corrected chi connectivity index (χ3v) is 6.10. The Morgan fingerprint density at radius 3 is 2.69 bits per heavy atom. The third-order valence-electron chi connectivity index (χ3n) is 6.10. The predicted octanol–water partition coefficient (Wildman–Crippen LogP) is 2.61. The summed E-state index contributed by atoms with van der Waals surface area (Å²) in [7, 11) is 0. The molecule has 3 aliphatic rings. The summed E-state index contributed by atoms with van der Waals surface area (Å²) in [4.78, 5) is 23.5. The van der Waals surface area contributed by atoms with Gasteiger partial charge in [0.2, 0.25) is 0 Å². The van der Waals surface area contributed by atoms with Gasteiger partial charge in [0.15, 0.2) is 0 Å². The number of aliphatic hydroxyl groups excluding tert-OH is 1. The molecule has 8 nitrogen and oxygen atoms in total. The number of carbonyl (C=O) groups is 2. The van der Waals surface area contributed by atoms with Gasteiger partial charge in [0.1, 0.15) is 18.0 Å². The van der Waals surface area contributed by atoms with Crippen molar-refractivity contribution in [1.29, 1.82) is 0 Å². The normalized spacial score (nSPS) is 28.7. The zero-order valence-corrected chi connectivity index (χ0v) is 16.3. The van der Waals surface area contributed by atoms with Crippen LogP contribution in [0.1, 0.15) is 56.4 Å². The smallest absolute Gasteiger partial charge is 0.319 e. The minimum Gasteiger partial charge on any atom is -0.487 e. The second kappa shape index (κ2) is 8.59. The zero-order chi connectivity index (χ0) is 20.4. The molecule has 0 aromatic heterocycles. The van der Waals surface area contributed by atoms with E-state index in [1.807, 2.05) is 12.1 Å². The molecule has 0 spiro atoms. The maximum absolute atomic E-state index is 12.4. The monoisotopic (exact) mass is 404 g/mol. The van der Waals surface area contributed by atoms with Crippen LogP contribution in [0.3, 0.4) is 0 Å². The lowest BCUT2D eigenvalue weighted by molar-refractivity contribution is -0.153. The lowest BCUT2D eigenvalue weighted by Crippen LogP contribution is -2.46. The molecule has 2 fully saturated rings. The van der Waals surface area contributed by atoms with E-state index in [0.29, 0.717) is 17.9 Å². The van der Waals surface area contributed by atoms with Gasteiger partial charge in [-0.2, -0.15) is 0 Å². The van der Waals surface area contributed by atoms with Crippen molar-refractivity contribution in [1.82, 2.24) is 5.32 Å². The number of hydrogen-bond acceptors (Lipinski definition) is 5. The van der Waals surface area contributed by atoms with Crippen molar-refractivity contribution in [3.63, 3.8) is 0 Å². The quantitative estimate of drug-likeness (QED) is 0.599. The molecule has 1 saturated heterocycles. The number of aliphatic carboxylic acids is 1. The number of carbonyl (C=O) groups excluding carboxylic acids is 1. The van der Waals surface area contributed by atoms with Crippen molar-refractivity contribution in [3.8, 4) is 5.75 Å². The first kappa shape index (κ1) is 20.0. The number of hydrogen-bond donors (Lipinski definition) is 4. The van der Waals surface area contributed by atoms with Crippen molar-refractivity contribution >= 4 is 17.7 Å². The van der Waals surface area contributed by atoms with E-state index >= 15 is 0 Å². The first-order valence-corrected chi connectivity index (χ1v) is 10.4. The number of fused-ring (bicyclic) bond motifs is 3. The van der Waals surface area contributed by atoms with Gasteiger partial charge in [0, 0.05) is 23.2 Å². The standard InChI is InChI=1S/C21H28N2O6/c24-11-18-20-16(9-14(28-18)10-19(25)26)15-8-13(6-7-17(15)29-20)23-21(27)22-12-4-2-1-3-5-12/h6-8,12,14,16,18,20,24H,1-5,9-11H2,(H,25,26)(H2,22,23,27)/t14-,16-,18-,20+/m1/s1. The summed E-state index contributed by atoms with van der Waals surface area (Å²) < 4.78 is 11.7. The van der Waals surface area contributed by atoms with Gasteiger partial charge in [-0.25, -0.2) is 4.79 Å². The van der Waals surface area contributed by atoms with Gasteiger partial charge in [-0.1, -0.05) is 19.3 Å². The molecular weight excluding hydrogens is 376 g/mol. The van der Waals surface area contributed by atoms with Gasteiger partial charge in [-0.3, -0.25) is 4.79 Å². The van der Waals surface area contributed by atoms with E-state index in [4.69, 9.17) is 14.6 Å². The SMILES string of the molecule is O=C(O)C[C@H]1C[C@@H]2c3cc(NC(=O)NC4CCCCC4)ccc3O[C@@H]2[C@@H](CO)O1. The van der Waals surface area contributed by atoms with E-state index in [2.05, 4.69) is 10.6 Å². The van der Waals surface area contributed by atoms with Crippen LogP contribution in [0.5, 0.6) is 5.75 Å². The number of benzene rings is 1. The molecule has 2 heterocycles. The summed E-state index contributed by atoms with van der Waals surface area (Å²) in [6.07, 6.45) is 4.54. The molecule has 0 unspecified atom stereocenters. The Morgan fingerprint density at radius 2 is 1.97 bits per heavy atom. The first-order chi connectivity index (χ1) is 14.0. The summed E-state index contributed by atoms with van der Waals surface area (Å²) in [5.41, 5.74) is 1.59. The molecule has 1 aromatic carbocycles. The Balaban J connectivity index is 1.46. The van der Waals surface area contributed by atoms with Crippen molar-refractivity contribution in [2.75, 3.05) is 11.9 Å². The first-order valence-electron chi connectivity index (χ1n) is 10.4. The van der Waals surface area contributed by atoms with Crippen LogP contribution in [-0.4, -0.2) is 53.2 Å². The highest BCUT2D eigenvalue weighted by Crippen LogP contribution is 2.47. The maximum Gasteiger partial charge on any atom is 0.319 e. The highest BCUT2D eigenvalue weighted by molar-refractivity contribution is 5.89. The van der Waals surface area contributed by atoms with Crippen LogP contribution in [0.2, 0.25) is 0 Å². The Morgan fingerprint density at radius 1 is 1.17 bits per heavy atom. The number of aliphatic hydroxyl groups is 1. The molecule has 29 heavy (non-hydrogen) atoms. The number of amides is 2. The van der Waals surface area contributed by atoms with E-state index in [-0.39, 0.29) is 37.1 Å². The van der Waals surface area contributed by atoms with Crippen molar-refractivity contribution in [2.24, 2.45) is 0 Å². The molecule has 1 aromatic rings. The van der Waals surface area contributed by atoms with Crippen LogP contribution in [0.4, 0.5) is 10.5 Å². The van der Waals surface area contributed by atoms with Crippen LogP contribution < -0.4 is 15.4 Å². The van der Waals surface area contributed by atoms with Crippen molar-refractivity contribution in [2.45, 2.75) is 75.2 Å². The van der Waals surface area contributed by atoms with Crippen LogP contribution in [0, 0.1) is 0 Å². The predicted molar refractivity (Wildman–Crippen MR) is 105 cm³/mol. The summed E-state index contributed by atoms with van der Waals surface area (Å²) in [5.74, 6) is -0.321. The molecule has 1 saturated carbocycles. The number of rotatable bonds is 5. The third kappa shape index (κ3) is 4.48. The Kier molecular flexibility index (Phi) is 5.91. The minimum atomic E-state index is -0.931. The lowest BCUT2D eigenvalue weighted by atomic mass is 9.84. The summed E-state index contributed by atoms with van der Waals surface area (Å²) in [6, 6.07) is 5.50. The molecule has 0 radical (unpaired) electrons. The minimum absolute atomic E-state index is 0.0802. The average molecular weight is 404 g/mol. The van der Waals surface area contributed by atoms with Gasteiger partial charge in [-0.05, 0) is 37.5 Å². The Hall–Kier alpha value is -2.32. The lowest BCUT2D eigenvalue weighted by Gasteiger charge is -2.36. The second-order valence-electron chi connectivity index (χ2n) is 8.19. The van der Waals surface area contributed by atoms with Crippen molar-refractivity contribution in [3.05, 3.63) is 23.8 Å². The van der Waals surface area contributed by atoms with E-state index in [1.54, 1.807) is 6.07 Å². The largest absolute Gasteiger partial charge is 0.487 e. The number of carboxylic acids is 1. The maximum atomic E-state index is 12.4. The van der Waals surface area contributed by atoms with Crippen LogP contribution in [0.25, 0.3) is 0 Å².